The highest BCUT2D eigenvalue weighted by Crippen LogP contribution is 2.18. The lowest BCUT2D eigenvalue weighted by molar-refractivity contribution is -0.143. The molecule has 1 saturated heterocycles. The first-order valence-corrected chi connectivity index (χ1v) is 20.7. The van der Waals surface area contributed by atoms with E-state index in [1.165, 1.54) is 56.9 Å². The molecule has 64 heavy (non-hydrogen) atoms. The van der Waals surface area contributed by atoms with Gasteiger partial charge in [-0.2, -0.15) is 0 Å². The number of nitrogens with zero attached hydrogens (tertiary/aromatic N) is 1. The summed E-state index contributed by atoms with van der Waals surface area (Å²) in [6.45, 7) is 6.71. The number of likely N-dealkylation sites (tertiary alicyclic amines) is 1. The summed E-state index contributed by atoms with van der Waals surface area (Å²) in [7, 11) is 0. The Morgan fingerprint density at radius 1 is 0.641 bits per heavy atom. The Hall–Kier alpha value is -6.40. The van der Waals surface area contributed by atoms with E-state index in [1.54, 1.807) is 13.8 Å². The molecule has 356 valence electrons. The summed E-state index contributed by atoms with van der Waals surface area (Å²) in [5.74, 6) is -9.39. The van der Waals surface area contributed by atoms with Crippen molar-refractivity contribution in [2.24, 2.45) is 11.7 Å². The third-order valence-electron chi connectivity index (χ3n) is 10.5. The molecule has 1 aliphatic rings. The second-order valence-electron chi connectivity index (χ2n) is 15.5. The van der Waals surface area contributed by atoms with Crippen molar-refractivity contribution in [3.63, 3.8) is 0 Å². The van der Waals surface area contributed by atoms with Crippen molar-refractivity contribution in [2.75, 3.05) is 26.3 Å². The molecule has 0 radical (unpaired) electrons. The molecule has 1 aromatic rings. The van der Waals surface area contributed by atoms with Gasteiger partial charge in [-0.3, -0.25) is 43.2 Å². The van der Waals surface area contributed by atoms with Gasteiger partial charge in [0, 0.05) is 13.0 Å². The van der Waals surface area contributed by atoms with E-state index < -0.39 is 133 Å². The number of hydrogen-bond acceptors (Lipinski definition) is 14. The fourth-order valence-electron chi connectivity index (χ4n) is 6.28. The van der Waals surface area contributed by atoms with Gasteiger partial charge < -0.3 is 73.6 Å². The van der Waals surface area contributed by atoms with Crippen LogP contribution < -0.4 is 48.3 Å². The van der Waals surface area contributed by atoms with Crippen molar-refractivity contribution in [3.8, 4) is 5.75 Å². The number of carbonyl (C=O) groups is 10. The molecule has 0 saturated carbocycles. The van der Waals surface area contributed by atoms with Crippen LogP contribution in [0, 0.1) is 5.92 Å². The maximum atomic E-state index is 14.0. The maximum Gasteiger partial charge on any atom is 0.328 e. The van der Waals surface area contributed by atoms with Crippen LogP contribution in [0.3, 0.4) is 0 Å². The van der Waals surface area contributed by atoms with Crippen LogP contribution in [0.4, 0.5) is 0 Å². The lowest BCUT2D eigenvalue weighted by Crippen LogP contribution is -2.61. The van der Waals surface area contributed by atoms with E-state index in [-0.39, 0.29) is 18.7 Å². The second-order valence-corrected chi connectivity index (χ2v) is 15.5. The molecule has 24 nitrogen and oxygen atoms in total. The molecule has 0 bridgehead atoms. The van der Waals surface area contributed by atoms with Crippen LogP contribution in [0.1, 0.15) is 66.4 Å². The molecule has 0 aromatic heterocycles. The van der Waals surface area contributed by atoms with Crippen molar-refractivity contribution in [1.82, 2.24) is 47.4 Å². The molecular weight excluding hydrogens is 844 g/mol. The topological polar surface area (TPSA) is 377 Å². The van der Waals surface area contributed by atoms with Gasteiger partial charge in [0.05, 0.1) is 19.8 Å². The fourth-order valence-corrected chi connectivity index (χ4v) is 6.28. The summed E-state index contributed by atoms with van der Waals surface area (Å²) in [6.07, 6.45) is 1.11. The van der Waals surface area contributed by atoms with Crippen LogP contribution in [-0.2, 0) is 54.4 Å². The normalized spacial score (nSPS) is 17.6. The highest BCUT2D eigenvalue weighted by molar-refractivity contribution is 5.98. The number of aromatic hydroxyl groups is 1. The largest absolute Gasteiger partial charge is 0.508 e. The Morgan fingerprint density at radius 2 is 1.09 bits per heavy atom. The molecule has 1 aromatic carbocycles. The maximum absolute atomic E-state index is 14.0. The molecule has 14 N–H and O–H groups in total. The summed E-state index contributed by atoms with van der Waals surface area (Å²) in [5, 5.41) is 57.2. The molecular formula is C40H62N10O14. The highest BCUT2D eigenvalue weighted by atomic mass is 16.4. The number of aliphatic hydroxyl groups excluding tert-OH is 2. The van der Waals surface area contributed by atoms with E-state index in [1.807, 2.05) is 5.32 Å². The van der Waals surface area contributed by atoms with Crippen molar-refractivity contribution < 1.29 is 68.4 Å². The Morgan fingerprint density at radius 3 is 1.58 bits per heavy atom. The quantitative estimate of drug-likeness (QED) is 0.0462. The number of phenolic OH excluding ortho intramolecular Hbond substituents is 1. The minimum Gasteiger partial charge on any atom is -0.508 e. The van der Waals surface area contributed by atoms with E-state index in [0.29, 0.717) is 31.4 Å². The Labute approximate surface area is 369 Å². The van der Waals surface area contributed by atoms with Gasteiger partial charge in [-0.15, -0.1) is 0 Å². The van der Waals surface area contributed by atoms with Gasteiger partial charge >= 0.3 is 5.97 Å². The Kier molecular flexibility index (Phi) is 21.5. The first kappa shape index (κ1) is 53.7. The first-order valence-electron chi connectivity index (χ1n) is 20.7. The van der Waals surface area contributed by atoms with Crippen molar-refractivity contribution in [1.29, 1.82) is 0 Å². The zero-order valence-electron chi connectivity index (χ0n) is 36.6. The molecule has 0 aliphatic carbocycles. The third kappa shape index (κ3) is 16.1. The van der Waals surface area contributed by atoms with Crippen molar-refractivity contribution >= 4 is 59.1 Å². The fraction of sp³-hybridized carbons (Fsp3) is 0.600. The number of carboxylic acids is 1. The predicted octanol–water partition coefficient (Wildman–Crippen LogP) is -5.04. The number of benzene rings is 1. The van der Waals surface area contributed by atoms with Gasteiger partial charge in [0.25, 0.3) is 0 Å². The van der Waals surface area contributed by atoms with Crippen LogP contribution >= 0.6 is 0 Å². The smallest absolute Gasteiger partial charge is 0.328 e. The van der Waals surface area contributed by atoms with E-state index >= 15 is 0 Å². The van der Waals surface area contributed by atoms with Gasteiger partial charge in [-0.05, 0) is 64.2 Å². The number of nitrogens with one attached hydrogen (secondary N) is 8. The average molecular weight is 907 g/mol. The summed E-state index contributed by atoms with van der Waals surface area (Å²) in [6, 6.07) is -6.17. The van der Waals surface area contributed by atoms with Gasteiger partial charge in [0.15, 0.2) is 0 Å². The van der Waals surface area contributed by atoms with Gasteiger partial charge in [0.1, 0.15) is 60.1 Å². The predicted molar refractivity (Wildman–Crippen MR) is 225 cm³/mol. The molecule has 2 rings (SSSR count). The summed E-state index contributed by atoms with van der Waals surface area (Å²) >= 11 is 0. The standard InChI is InChI=1S/C40H62N10O14/c1-7-19(2)31(39(62)47-27(17-51)37(60)44-20(3)32(55)43-23(6)35(58)48-28(18-52)40(63)64)49-36(59)26(15-24-10-12-25(53)13-11-24)46-34(57)22(5)42-33(56)21(4)45-38(61)29-9-8-14-50(29)30(54)16-41/h10-13,19-23,26-29,31,51-53H,7-9,14-18,41H2,1-6H3,(H,42,56)(H,43,55)(H,44,60)(H,45,61)(H,46,57)(H,47,62)(H,48,58)(H,49,59)(H,63,64)/t19-,20-,21-,22+,23-,26-,27-,28-,29-,31-/m0/s1. The summed E-state index contributed by atoms with van der Waals surface area (Å²) in [4.78, 5) is 130. The minimum atomic E-state index is -1.65. The molecule has 24 heteroatoms. The number of nitrogens with two attached hydrogens (primary N) is 1. The Bertz CT molecular complexity index is 1850. The molecule has 10 atom stereocenters. The molecule has 0 unspecified atom stereocenters. The van der Waals surface area contributed by atoms with Gasteiger partial charge in [0.2, 0.25) is 53.2 Å². The monoisotopic (exact) mass is 906 g/mol. The molecule has 1 aliphatic heterocycles. The number of hydrogen-bond donors (Lipinski definition) is 13. The molecule has 9 amide bonds. The summed E-state index contributed by atoms with van der Waals surface area (Å²) in [5.41, 5.74) is 5.94. The third-order valence-corrected chi connectivity index (χ3v) is 10.5. The number of aliphatic carboxylic acids is 1. The summed E-state index contributed by atoms with van der Waals surface area (Å²) < 4.78 is 0. The number of rotatable bonds is 24. The average Bonchev–Trinajstić information content (AvgIpc) is 3.76. The highest BCUT2D eigenvalue weighted by Gasteiger charge is 2.36. The number of amides is 9. The van der Waals surface area contributed by atoms with Gasteiger partial charge in [-0.1, -0.05) is 32.4 Å². The zero-order chi connectivity index (χ0) is 48.4. The van der Waals surface area contributed by atoms with E-state index in [9.17, 15) is 58.2 Å². The number of carboxylic acid groups (broad SMARTS) is 1. The second kappa shape index (κ2) is 25.6. The van der Waals surface area contributed by atoms with Gasteiger partial charge in [-0.25, -0.2) is 4.79 Å². The van der Waals surface area contributed by atoms with Crippen molar-refractivity contribution in [2.45, 2.75) is 122 Å². The SMILES string of the molecule is CC[C@H](C)[C@H](NC(=O)[C@H](Cc1ccc(O)cc1)NC(=O)[C@@H](C)NC(=O)[C@H](C)NC(=O)[C@@H]1CCCN1C(=O)CN)C(=O)N[C@@H](CO)C(=O)N[C@@H](C)C(=O)N[C@@H](C)C(=O)N[C@@H](CO)C(=O)O. The van der Waals surface area contributed by atoms with Crippen LogP contribution in [0.5, 0.6) is 5.75 Å². The van der Waals surface area contributed by atoms with Crippen LogP contribution in [0.15, 0.2) is 24.3 Å². The first-order chi connectivity index (χ1) is 30.1. The lowest BCUT2D eigenvalue weighted by atomic mass is 9.96. The minimum absolute atomic E-state index is 0.0733. The van der Waals surface area contributed by atoms with E-state index in [2.05, 4.69) is 37.2 Å². The van der Waals surface area contributed by atoms with E-state index in [0.717, 1.165) is 0 Å². The molecule has 0 spiro atoms. The van der Waals surface area contributed by atoms with E-state index in [4.69, 9.17) is 15.9 Å². The zero-order valence-corrected chi connectivity index (χ0v) is 36.6. The van der Waals surface area contributed by atoms with Crippen LogP contribution in [-0.4, -0.2) is 165 Å². The molecule has 1 heterocycles. The number of aliphatic hydroxyl groups is 2. The molecule has 1 fully saturated rings. The Balaban J connectivity index is 2.17. The van der Waals surface area contributed by atoms with Crippen LogP contribution in [0.25, 0.3) is 0 Å². The van der Waals surface area contributed by atoms with Crippen LogP contribution in [0.2, 0.25) is 0 Å². The number of carbonyl (C=O) groups excluding carboxylic acids is 9. The van der Waals surface area contributed by atoms with Crippen molar-refractivity contribution in [3.05, 3.63) is 29.8 Å². The number of phenols is 1. The lowest BCUT2D eigenvalue weighted by Gasteiger charge is -2.29.